The minimum absolute atomic E-state index is 0.637. The Balaban J connectivity index is 2.13. The second-order valence-electron chi connectivity index (χ2n) is 3.92. The molecule has 3 nitrogen and oxygen atoms in total. The van der Waals surface area contributed by atoms with E-state index in [-0.39, 0.29) is 0 Å². The third-order valence-electron chi connectivity index (χ3n) is 2.98. The van der Waals surface area contributed by atoms with E-state index in [2.05, 4.69) is 22.8 Å². The average Bonchev–Trinajstić information content (AvgIpc) is 2.68. The van der Waals surface area contributed by atoms with Crippen LogP contribution >= 0.6 is 0 Å². The zero-order valence-corrected chi connectivity index (χ0v) is 9.34. The van der Waals surface area contributed by atoms with Crippen molar-refractivity contribution >= 4 is 5.69 Å². The van der Waals surface area contributed by atoms with E-state index in [4.69, 9.17) is 4.74 Å². The van der Waals surface area contributed by atoms with Crippen molar-refractivity contribution in [3.63, 3.8) is 0 Å². The number of anilines is 1. The topological polar surface area (TPSA) is 33.3 Å². The lowest BCUT2D eigenvalue weighted by Gasteiger charge is -2.09. The Morgan fingerprint density at radius 3 is 3.13 bits per heavy atom. The fraction of sp³-hybridized carbons (Fsp3) is 0.500. The highest BCUT2D eigenvalue weighted by molar-refractivity contribution is 5.60. The lowest BCUT2D eigenvalue weighted by atomic mass is 9.98. The Labute approximate surface area is 90.8 Å². The molecule has 0 bridgehead atoms. The lowest BCUT2D eigenvalue weighted by molar-refractivity contribution is 0.415. The summed E-state index contributed by atoms with van der Waals surface area (Å²) in [5.74, 6) is 1.56. The maximum absolute atomic E-state index is 5.20. The predicted octanol–water partition coefficient (Wildman–Crippen LogP) is 1.81. The molecule has 0 spiro atoms. The van der Waals surface area contributed by atoms with E-state index < -0.39 is 0 Å². The average molecular weight is 206 g/mol. The molecule has 1 heterocycles. The number of ether oxygens (including phenoxy) is 1. The van der Waals surface area contributed by atoms with Crippen LogP contribution in [-0.4, -0.2) is 27.2 Å². The number of fused-ring (bicyclic) bond motifs is 1. The van der Waals surface area contributed by atoms with Crippen LogP contribution < -0.4 is 15.4 Å². The van der Waals surface area contributed by atoms with E-state index in [0.29, 0.717) is 5.92 Å². The molecular formula is C12H18N2O. The Hall–Kier alpha value is -1.22. The van der Waals surface area contributed by atoms with Crippen LogP contribution in [0.3, 0.4) is 0 Å². The molecule has 1 atom stereocenters. The molecule has 0 radical (unpaired) electrons. The van der Waals surface area contributed by atoms with Crippen molar-refractivity contribution in [1.29, 1.82) is 0 Å². The van der Waals surface area contributed by atoms with E-state index in [1.165, 1.54) is 17.7 Å². The van der Waals surface area contributed by atoms with Gasteiger partial charge in [0.2, 0.25) is 0 Å². The van der Waals surface area contributed by atoms with E-state index in [0.717, 1.165) is 18.8 Å². The third-order valence-corrected chi connectivity index (χ3v) is 2.98. The largest absolute Gasteiger partial charge is 0.497 e. The summed E-state index contributed by atoms with van der Waals surface area (Å²) in [5, 5.41) is 6.62. The first kappa shape index (κ1) is 10.3. The zero-order chi connectivity index (χ0) is 10.7. The van der Waals surface area contributed by atoms with E-state index >= 15 is 0 Å². The molecule has 2 rings (SSSR count). The second-order valence-corrected chi connectivity index (χ2v) is 3.92. The zero-order valence-electron chi connectivity index (χ0n) is 9.34. The molecule has 15 heavy (non-hydrogen) atoms. The van der Waals surface area contributed by atoms with Crippen molar-refractivity contribution in [1.82, 2.24) is 5.32 Å². The molecule has 1 aromatic carbocycles. The fourth-order valence-electron chi connectivity index (χ4n) is 2.09. The standard InChI is InChI=1S/C12H18N2O/c1-13-6-5-9-8-14-12-7-10(15-2)3-4-11(9)12/h3-4,7,9,13-14H,5-6,8H2,1-2H3. The summed E-state index contributed by atoms with van der Waals surface area (Å²) in [6, 6.07) is 6.29. The smallest absolute Gasteiger partial charge is 0.120 e. The molecule has 0 fully saturated rings. The number of hydrogen-bond acceptors (Lipinski definition) is 3. The van der Waals surface area contributed by atoms with E-state index in [1.54, 1.807) is 7.11 Å². The Morgan fingerprint density at radius 2 is 2.40 bits per heavy atom. The first-order valence-electron chi connectivity index (χ1n) is 5.41. The molecule has 0 saturated carbocycles. The summed E-state index contributed by atoms with van der Waals surface area (Å²) in [7, 11) is 3.70. The molecule has 0 saturated heterocycles. The van der Waals surface area contributed by atoms with Crippen molar-refractivity contribution < 1.29 is 4.74 Å². The van der Waals surface area contributed by atoms with Crippen LogP contribution in [0.15, 0.2) is 18.2 Å². The maximum Gasteiger partial charge on any atom is 0.120 e. The highest BCUT2D eigenvalue weighted by Gasteiger charge is 2.21. The number of methoxy groups -OCH3 is 1. The maximum atomic E-state index is 5.20. The number of rotatable bonds is 4. The Morgan fingerprint density at radius 1 is 1.53 bits per heavy atom. The van der Waals surface area contributed by atoms with E-state index in [9.17, 15) is 0 Å². The first-order valence-corrected chi connectivity index (χ1v) is 5.41. The molecule has 0 aromatic heterocycles. The summed E-state index contributed by atoms with van der Waals surface area (Å²) in [6.45, 7) is 2.11. The second kappa shape index (κ2) is 4.53. The van der Waals surface area contributed by atoms with Gasteiger partial charge in [-0.3, -0.25) is 0 Å². The molecule has 1 aliphatic rings. The molecule has 1 aliphatic heterocycles. The fourth-order valence-corrected chi connectivity index (χ4v) is 2.09. The molecule has 2 N–H and O–H groups in total. The number of nitrogens with one attached hydrogen (secondary N) is 2. The van der Waals surface area contributed by atoms with Crippen LogP contribution in [0.25, 0.3) is 0 Å². The van der Waals surface area contributed by atoms with Gasteiger partial charge in [0.25, 0.3) is 0 Å². The van der Waals surface area contributed by atoms with Gasteiger partial charge in [0.15, 0.2) is 0 Å². The monoisotopic (exact) mass is 206 g/mol. The van der Waals surface area contributed by atoms with Crippen molar-refractivity contribution in [3.8, 4) is 5.75 Å². The van der Waals surface area contributed by atoms with Crippen LogP contribution in [0.4, 0.5) is 5.69 Å². The summed E-state index contributed by atoms with van der Waals surface area (Å²) in [5.41, 5.74) is 2.65. The van der Waals surface area contributed by atoms with E-state index in [1.807, 2.05) is 13.1 Å². The van der Waals surface area contributed by atoms with Crippen LogP contribution in [-0.2, 0) is 0 Å². The lowest BCUT2D eigenvalue weighted by Crippen LogP contribution is -2.13. The predicted molar refractivity (Wildman–Crippen MR) is 62.8 cm³/mol. The highest BCUT2D eigenvalue weighted by atomic mass is 16.5. The molecular weight excluding hydrogens is 188 g/mol. The van der Waals surface area contributed by atoms with Gasteiger partial charge in [0, 0.05) is 24.2 Å². The van der Waals surface area contributed by atoms with Crippen LogP contribution in [0.1, 0.15) is 17.9 Å². The van der Waals surface area contributed by atoms with Gasteiger partial charge in [-0.25, -0.2) is 0 Å². The van der Waals surface area contributed by atoms with Crippen LogP contribution in [0.5, 0.6) is 5.75 Å². The minimum atomic E-state index is 0.637. The molecule has 1 unspecified atom stereocenters. The van der Waals surface area contributed by atoms with Crippen molar-refractivity contribution in [3.05, 3.63) is 23.8 Å². The van der Waals surface area contributed by atoms with Crippen molar-refractivity contribution in [2.75, 3.05) is 32.6 Å². The number of benzene rings is 1. The summed E-state index contributed by atoms with van der Waals surface area (Å²) in [4.78, 5) is 0. The Bertz CT molecular complexity index is 338. The van der Waals surface area contributed by atoms with Gasteiger partial charge in [-0.1, -0.05) is 6.07 Å². The van der Waals surface area contributed by atoms with Crippen molar-refractivity contribution in [2.24, 2.45) is 0 Å². The van der Waals surface area contributed by atoms with Crippen LogP contribution in [0, 0.1) is 0 Å². The quantitative estimate of drug-likeness (QED) is 0.788. The van der Waals surface area contributed by atoms with Gasteiger partial charge in [-0.2, -0.15) is 0 Å². The summed E-state index contributed by atoms with van der Waals surface area (Å²) in [6.07, 6.45) is 1.18. The molecule has 0 amide bonds. The minimum Gasteiger partial charge on any atom is -0.497 e. The van der Waals surface area contributed by atoms with Gasteiger partial charge < -0.3 is 15.4 Å². The first-order chi connectivity index (χ1) is 7.35. The SMILES string of the molecule is CNCCC1CNc2cc(OC)ccc21. The molecule has 0 aliphatic carbocycles. The summed E-state index contributed by atoms with van der Waals surface area (Å²) < 4.78 is 5.20. The Kier molecular flexibility index (Phi) is 3.11. The van der Waals surface area contributed by atoms with Gasteiger partial charge in [-0.15, -0.1) is 0 Å². The normalized spacial score (nSPS) is 18.4. The van der Waals surface area contributed by atoms with Gasteiger partial charge in [0.05, 0.1) is 7.11 Å². The van der Waals surface area contributed by atoms with Gasteiger partial charge in [-0.05, 0) is 31.6 Å². The summed E-state index contributed by atoms with van der Waals surface area (Å²) >= 11 is 0. The highest BCUT2D eigenvalue weighted by Crippen LogP contribution is 2.35. The molecule has 3 heteroatoms. The third kappa shape index (κ3) is 2.07. The van der Waals surface area contributed by atoms with Gasteiger partial charge >= 0.3 is 0 Å². The van der Waals surface area contributed by atoms with Crippen molar-refractivity contribution in [2.45, 2.75) is 12.3 Å². The number of hydrogen-bond donors (Lipinski definition) is 2. The molecule has 82 valence electrons. The van der Waals surface area contributed by atoms with Gasteiger partial charge in [0.1, 0.15) is 5.75 Å². The van der Waals surface area contributed by atoms with Crippen LogP contribution in [0.2, 0.25) is 0 Å². The molecule has 1 aromatic rings.